The van der Waals surface area contributed by atoms with Gasteiger partial charge in [-0.3, -0.25) is 4.79 Å². The van der Waals surface area contributed by atoms with Gasteiger partial charge >= 0.3 is 0 Å². The summed E-state index contributed by atoms with van der Waals surface area (Å²) in [6.07, 6.45) is 46.4. The fraction of sp³-hybridized carbons (Fsp3) is 0.770. The number of aliphatic hydroxyl groups is 1. The van der Waals surface area contributed by atoms with E-state index in [-0.39, 0.29) is 32.8 Å². The second-order valence-electron chi connectivity index (χ2n) is 33.4. The lowest BCUT2D eigenvalue weighted by molar-refractivity contribution is -0.117. The molecule has 0 spiro atoms. The van der Waals surface area contributed by atoms with Gasteiger partial charge in [0.2, 0.25) is 0 Å². The SMILES string of the molecule is C=C[C@]12CCC(=O)C=C1CCC1C2CC[C@@]2(C)C1CC[C@@H]2O[Si](C)(C)C(C)(C)C.C=C[C@]12CCC(C)=CC1=CCC1C2CC[C@@]2(C)C1CC[C@@H]2O.C=C[C@]12CCC(C)=CC1=CCC1C2CC[C@@]2(C)C1CC[C@@H]2O[Si](C)(C)C(C)(C)C. The molecule has 12 aliphatic rings. The van der Waals surface area contributed by atoms with Gasteiger partial charge < -0.3 is 14.0 Å². The third-order valence-electron chi connectivity index (χ3n) is 28.1. The second kappa shape index (κ2) is 21.4. The second-order valence-corrected chi connectivity index (χ2v) is 42.9. The van der Waals surface area contributed by atoms with Crippen molar-refractivity contribution in [1.82, 2.24) is 0 Å². The van der Waals surface area contributed by atoms with E-state index in [2.05, 4.69) is 165 Å². The molecule has 444 valence electrons. The Labute approximate surface area is 492 Å². The molecule has 0 heterocycles. The molecule has 4 nitrogen and oxygen atoms in total. The van der Waals surface area contributed by atoms with E-state index >= 15 is 0 Å². The van der Waals surface area contributed by atoms with E-state index in [0.29, 0.717) is 52.1 Å². The van der Waals surface area contributed by atoms with Crippen molar-refractivity contribution in [3.8, 4) is 0 Å². The van der Waals surface area contributed by atoms with Crippen LogP contribution < -0.4 is 0 Å². The molecule has 0 aromatic carbocycles. The van der Waals surface area contributed by atoms with E-state index in [1.807, 2.05) is 6.08 Å². The topological polar surface area (TPSA) is 55.8 Å². The molecule has 0 radical (unpaired) electrons. The molecular formula is C74H116O4Si2. The van der Waals surface area contributed by atoms with Gasteiger partial charge in [0, 0.05) is 22.7 Å². The number of allylic oxidation sites excluding steroid dienone is 12. The third-order valence-corrected chi connectivity index (χ3v) is 37.1. The minimum absolute atomic E-state index is 0.0722. The summed E-state index contributed by atoms with van der Waals surface area (Å²) < 4.78 is 14.1. The molecular weight excluding hydrogens is 1010 g/mol. The highest BCUT2D eigenvalue weighted by Crippen LogP contribution is 2.69. The molecule has 9 unspecified atom stereocenters. The van der Waals surface area contributed by atoms with Crippen LogP contribution >= 0.6 is 0 Å². The highest BCUT2D eigenvalue weighted by atomic mass is 28.4. The predicted octanol–water partition coefficient (Wildman–Crippen LogP) is 20.2. The molecule has 0 aromatic heterocycles. The Morgan fingerprint density at radius 2 is 0.900 bits per heavy atom. The highest BCUT2D eigenvalue weighted by Gasteiger charge is 2.63. The Bertz CT molecular complexity index is 2580. The van der Waals surface area contributed by atoms with Crippen LogP contribution in [0.5, 0.6) is 0 Å². The quantitative estimate of drug-likeness (QED) is 0.204. The van der Waals surface area contributed by atoms with Gasteiger partial charge in [0.05, 0.1) is 18.3 Å². The summed E-state index contributed by atoms with van der Waals surface area (Å²) in [6.45, 7) is 48.9. The summed E-state index contributed by atoms with van der Waals surface area (Å²) in [5.74, 6) is 7.18. The van der Waals surface area contributed by atoms with E-state index in [1.165, 1.54) is 127 Å². The predicted molar refractivity (Wildman–Crippen MR) is 342 cm³/mol. The third kappa shape index (κ3) is 9.76. The number of hydrogen-bond donors (Lipinski definition) is 1. The maximum atomic E-state index is 12.1. The first-order valence-corrected chi connectivity index (χ1v) is 39.2. The van der Waals surface area contributed by atoms with Crippen molar-refractivity contribution in [3.63, 3.8) is 0 Å². The molecule has 0 aromatic rings. The van der Waals surface area contributed by atoms with Crippen LogP contribution in [0.15, 0.2) is 96.2 Å². The Hall–Kier alpha value is -2.10. The zero-order valence-electron chi connectivity index (χ0n) is 53.9. The van der Waals surface area contributed by atoms with Gasteiger partial charge in [0.1, 0.15) is 0 Å². The first kappa shape index (κ1) is 61.0. The van der Waals surface area contributed by atoms with Crippen LogP contribution in [-0.4, -0.2) is 45.8 Å². The van der Waals surface area contributed by atoms with Crippen molar-refractivity contribution >= 4 is 22.4 Å². The summed E-state index contributed by atoms with van der Waals surface area (Å²) in [5.41, 5.74) is 9.04. The average molecular weight is 1130 g/mol. The molecule has 18 atom stereocenters. The monoisotopic (exact) mass is 1120 g/mol. The molecule has 0 amide bonds. The maximum absolute atomic E-state index is 12.1. The molecule has 6 heteroatoms. The minimum atomic E-state index is -1.76. The van der Waals surface area contributed by atoms with Crippen molar-refractivity contribution in [3.05, 3.63) is 96.2 Å². The van der Waals surface area contributed by atoms with Crippen molar-refractivity contribution < 1.29 is 18.8 Å². The first-order valence-electron chi connectivity index (χ1n) is 33.3. The number of ketones is 1. The zero-order chi connectivity index (χ0) is 58.0. The smallest absolute Gasteiger partial charge is 0.192 e. The highest BCUT2D eigenvalue weighted by molar-refractivity contribution is 6.74. The number of rotatable bonds is 7. The van der Waals surface area contributed by atoms with Crippen LogP contribution in [0.3, 0.4) is 0 Å². The van der Waals surface area contributed by atoms with Gasteiger partial charge in [-0.25, -0.2) is 0 Å². The van der Waals surface area contributed by atoms with Crippen molar-refractivity contribution in [2.45, 2.75) is 272 Å². The number of carbonyl (C=O) groups excluding carboxylic acids is 1. The first-order chi connectivity index (χ1) is 37.4. The molecule has 0 aliphatic heterocycles. The van der Waals surface area contributed by atoms with Crippen LogP contribution in [0.4, 0.5) is 0 Å². The molecule has 12 rings (SSSR count). The van der Waals surface area contributed by atoms with E-state index < -0.39 is 16.6 Å². The largest absolute Gasteiger partial charge is 0.413 e. The molecule has 7 saturated carbocycles. The van der Waals surface area contributed by atoms with Gasteiger partial charge in [-0.2, -0.15) is 0 Å². The van der Waals surface area contributed by atoms with Crippen LogP contribution in [0.25, 0.3) is 0 Å². The van der Waals surface area contributed by atoms with Crippen molar-refractivity contribution in [1.29, 1.82) is 0 Å². The van der Waals surface area contributed by atoms with Crippen LogP contribution in [0, 0.1) is 85.8 Å². The Morgan fingerprint density at radius 1 is 0.500 bits per heavy atom. The number of carbonyl (C=O) groups is 1. The number of fused-ring (bicyclic) bond motifs is 15. The van der Waals surface area contributed by atoms with E-state index in [4.69, 9.17) is 8.85 Å². The number of aliphatic hydroxyl groups excluding tert-OH is 1. The van der Waals surface area contributed by atoms with E-state index in [0.717, 1.165) is 60.7 Å². The fourth-order valence-corrected chi connectivity index (χ4v) is 24.0. The van der Waals surface area contributed by atoms with Gasteiger partial charge in [-0.1, -0.05) is 122 Å². The van der Waals surface area contributed by atoms with E-state index in [1.54, 1.807) is 16.7 Å². The van der Waals surface area contributed by atoms with Gasteiger partial charge in [-0.05, 0) is 272 Å². The Morgan fingerprint density at radius 3 is 1.35 bits per heavy atom. The van der Waals surface area contributed by atoms with Crippen molar-refractivity contribution in [2.24, 2.45) is 85.8 Å². The summed E-state index contributed by atoms with van der Waals surface area (Å²) in [6, 6.07) is 0. The molecule has 80 heavy (non-hydrogen) atoms. The van der Waals surface area contributed by atoms with Crippen LogP contribution in [0.1, 0.15) is 217 Å². The fourth-order valence-electron chi connectivity index (χ4n) is 21.1. The average Bonchev–Trinajstić information content (AvgIpc) is 4.13. The van der Waals surface area contributed by atoms with Crippen LogP contribution in [-0.2, 0) is 13.6 Å². The standard InChI is InChI=1S/C27H44OSi.C26H42O2Si.C21H30O/c1-9-27-17-14-19(2)18-20(27)10-11-21-22-12-13-24(26(22,6)16-15-23(21)27)28-29(7,8)25(3,4)5;1-8-26-16-13-19(27)17-18(26)9-10-20-21-11-12-23(25(21,5)15-14-22(20)26)28-29(6,7)24(2,3)4;1-4-21-12-9-14(2)13-15(21)5-6-16-17-7-8-19(22)20(17,3)11-10-18(16)21/h9-10,18,21-24H,1,11-17H2,2-8H3;8,17,20-23H,1,9-16H2,2-7H3;4-5,13,16-19,22H,1,6-12H2,2-3H3/t21?,22?,23?,24-,26-,27-;20?,21?,22?,23-,25-,26-;16?,17?,18?,19-,20-,21-/m000/s1. The summed E-state index contributed by atoms with van der Waals surface area (Å²) in [4.78, 5) is 12.1. The number of hydrogen-bond acceptors (Lipinski definition) is 4. The summed E-state index contributed by atoms with van der Waals surface area (Å²) in [5, 5.41) is 11.1. The summed E-state index contributed by atoms with van der Waals surface area (Å²) >= 11 is 0. The Balaban J connectivity index is 0.000000136. The van der Waals surface area contributed by atoms with Gasteiger partial charge in [-0.15, -0.1) is 19.7 Å². The lowest BCUT2D eigenvalue weighted by Gasteiger charge is -2.58. The molecule has 7 fully saturated rings. The molecule has 12 aliphatic carbocycles. The molecule has 1 N–H and O–H groups in total. The lowest BCUT2D eigenvalue weighted by Crippen LogP contribution is -2.54. The lowest BCUT2D eigenvalue weighted by atomic mass is 9.47. The Kier molecular flexibility index (Phi) is 16.3. The van der Waals surface area contributed by atoms with Gasteiger partial charge in [0.25, 0.3) is 0 Å². The van der Waals surface area contributed by atoms with E-state index in [9.17, 15) is 9.90 Å². The minimum Gasteiger partial charge on any atom is -0.413 e. The summed E-state index contributed by atoms with van der Waals surface area (Å²) in [7, 11) is -3.49. The van der Waals surface area contributed by atoms with Crippen molar-refractivity contribution in [2.75, 3.05) is 0 Å². The molecule has 0 saturated heterocycles. The zero-order valence-corrected chi connectivity index (χ0v) is 55.9. The molecule has 0 bridgehead atoms. The van der Waals surface area contributed by atoms with Crippen LogP contribution in [0.2, 0.25) is 36.3 Å². The normalized spacial score (nSPS) is 44.6. The maximum Gasteiger partial charge on any atom is 0.192 e. The van der Waals surface area contributed by atoms with Gasteiger partial charge in [0.15, 0.2) is 22.4 Å².